The zero-order valence-electron chi connectivity index (χ0n) is 19.6. The van der Waals surface area contributed by atoms with Gasteiger partial charge in [-0.05, 0) is 66.1 Å². The molecule has 0 amide bonds. The average molecular weight is 507 g/mol. The van der Waals surface area contributed by atoms with E-state index in [-0.39, 0.29) is 12.3 Å². The van der Waals surface area contributed by atoms with Gasteiger partial charge in [-0.1, -0.05) is 23.7 Å². The lowest BCUT2D eigenvalue weighted by Crippen LogP contribution is -2.23. The zero-order chi connectivity index (χ0) is 25.7. The van der Waals surface area contributed by atoms with Gasteiger partial charge in [0.25, 0.3) is 0 Å². The van der Waals surface area contributed by atoms with Gasteiger partial charge in [0.1, 0.15) is 18.1 Å². The molecule has 0 aliphatic heterocycles. The van der Waals surface area contributed by atoms with Crippen LogP contribution in [-0.2, 0) is 26.9 Å². The predicted octanol–water partition coefficient (Wildman–Crippen LogP) is 4.54. The van der Waals surface area contributed by atoms with E-state index >= 15 is 0 Å². The van der Waals surface area contributed by atoms with Crippen LogP contribution in [-0.4, -0.2) is 29.6 Å². The normalized spacial score (nSPS) is 11.8. The summed E-state index contributed by atoms with van der Waals surface area (Å²) >= 11 is 6.09. The summed E-state index contributed by atoms with van der Waals surface area (Å²) in [4.78, 5) is 12.4. The fourth-order valence-corrected chi connectivity index (χ4v) is 4.24. The molecule has 2 aromatic carbocycles. The smallest absolute Gasteiger partial charge is 0.434 e. The van der Waals surface area contributed by atoms with Crippen LogP contribution in [0.1, 0.15) is 27.9 Å². The molecule has 0 radical (unpaired) electrons. The molecule has 0 aliphatic rings. The summed E-state index contributed by atoms with van der Waals surface area (Å²) in [5, 5.41) is 11.2. The standard InChI is InChI=1S/C23H22ClF3N6O2/c1-12-7-6-8-17(33-22(34)32(5)29-30-33)16(12)11-35-18-10-13(2)15(9-14(18)3)20-19(24)21(23(25,26)27)31(4)28-20/h6-10H,11H2,1-5H3. The third kappa shape index (κ3) is 4.43. The summed E-state index contributed by atoms with van der Waals surface area (Å²) in [6, 6.07) is 8.89. The largest absolute Gasteiger partial charge is 0.489 e. The average Bonchev–Trinajstić information content (AvgIpc) is 3.26. The Kier molecular flexibility index (Phi) is 6.22. The highest BCUT2D eigenvalue weighted by molar-refractivity contribution is 6.33. The van der Waals surface area contributed by atoms with E-state index in [2.05, 4.69) is 15.5 Å². The first-order chi connectivity index (χ1) is 16.4. The van der Waals surface area contributed by atoms with Gasteiger partial charge in [-0.2, -0.15) is 27.6 Å². The number of tetrazole rings is 1. The number of hydrogen-bond acceptors (Lipinski definition) is 5. The Morgan fingerprint density at radius 3 is 2.31 bits per heavy atom. The second-order valence-corrected chi connectivity index (χ2v) is 8.60. The topological polar surface area (TPSA) is 79.8 Å². The van der Waals surface area contributed by atoms with E-state index in [0.717, 1.165) is 20.5 Å². The van der Waals surface area contributed by atoms with E-state index in [1.54, 1.807) is 32.0 Å². The quantitative estimate of drug-likeness (QED) is 0.397. The Labute approximate surface area is 203 Å². The highest BCUT2D eigenvalue weighted by atomic mass is 35.5. The van der Waals surface area contributed by atoms with E-state index in [1.807, 2.05) is 19.1 Å². The molecule has 0 saturated carbocycles. The van der Waals surface area contributed by atoms with E-state index in [1.165, 1.54) is 18.8 Å². The van der Waals surface area contributed by atoms with Crippen molar-refractivity contribution in [2.24, 2.45) is 14.1 Å². The molecule has 4 aromatic rings. The molecular weight excluding hydrogens is 485 g/mol. The van der Waals surface area contributed by atoms with Crippen LogP contribution in [0.4, 0.5) is 13.2 Å². The maximum absolute atomic E-state index is 13.4. The van der Waals surface area contributed by atoms with Crippen molar-refractivity contribution < 1.29 is 17.9 Å². The molecule has 0 aliphatic carbocycles. The Morgan fingerprint density at radius 2 is 1.71 bits per heavy atom. The van der Waals surface area contributed by atoms with Crippen LogP contribution >= 0.6 is 11.6 Å². The molecular formula is C23H22ClF3N6O2. The van der Waals surface area contributed by atoms with Crippen molar-refractivity contribution in [1.29, 1.82) is 0 Å². The Balaban J connectivity index is 1.68. The third-order valence-corrected chi connectivity index (χ3v) is 6.10. The van der Waals surface area contributed by atoms with Crippen molar-refractivity contribution in [1.82, 2.24) is 29.6 Å². The zero-order valence-corrected chi connectivity index (χ0v) is 20.4. The summed E-state index contributed by atoms with van der Waals surface area (Å²) in [7, 11) is 2.72. The maximum atomic E-state index is 13.4. The summed E-state index contributed by atoms with van der Waals surface area (Å²) in [5.41, 5.74) is 2.67. The van der Waals surface area contributed by atoms with Gasteiger partial charge in [0, 0.05) is 25.2 Å². The lowest BCUT2D eigenvalue weighted by atomic mass is 10.0. The number of rotatable bonds is 5. The molecule has 0 atom stereocenters. The van der Waals surface area contributed by atoms with Gasteiger partial charge >= 0.3 is 11.9 Å². The van der Waals surface area contributed by atoms with Crippen molar-refractivity contribution >= 4 is 11.6 Å². The van der Waals surface area contributed by atoms with E-state index < -0.39 is 22.6 Å². The SMILES string of the molecule is Cc1cc(-c2nn(C)c(C(F)(F)F)c2Cl)c(C)cc1OCc1c(C)cccc1-n1nnn(C)c1=O. The van der Waals surface area contributed by atoms with Gasteiger partial charge in [-0.3, -0.25) is 4.68 Å². The van der Waals surface area contributed by atoms with Gasteiger partial charge in [0.15, 0.2) is 5.69 Å². The number of hydrogen-bond donors (Lipinski definition) is 0. The summed E-state index contributed by atoms with van der Waals surface area (Å²) in [6.45, 7) is 5.56. The fourth-order valence-electron chi connectivity index (χ4n) is 3.87. The molecule has 0 N–H and O–H groups in total. The van der Waals surface area contributed by atoms with Crippen LogP contribution in [0.3, 0.4) is 0 Å². The molecule has 4 rings (SSSR count). The van der Waals surface area contributed by atoms with Crippen molar-refractivity contribution in [3.8, 4) is 22.7 Å². The molecule has 2 heterocycles. The summed E-state index contributed by atoms with van der Waals surface area (Å²) < 4.78 is 49.2. The maximum Gasteiger partial charge on any atom is 0.434 e. The molecule has 2 aromatic heterocycles. The number of nitrogens with zero attached hydrogens (tertiary/aromatic N) is 6. The molecule has 0 saturated heterocycles. The summed E-state index contributed by atoms with van der Waals surface area (Å²) in [6.07, 6.45) is -4.63. The Morgan fingerprint density at radius 1 is 1.00 bits per heavy atom. The first-order valence-corrected chi connectivity index (χ1v) is 10.9. The van der Waals surface area contributed by atoms with Crippen LogP contribution in [0.25, 0.3) is 16.9 Å². The number of aryl methyl sites for hydroxylation is 5. The molecule has 8 nitrogen and oxygen atoms in total. The number of halogens is 4. The van der Waals surface area contributed by atoms with Crippen LogP contribution in [0.2, 0.25) is 5.02 Å². The highest BCUT2D eigenvalue weighted by Gasteiger charge is 2.39. The molecule has 12 heteroatoms. The summed E-state index contributed by atoms with van der Waals surface area (Å²) in [5.74, 6) is 0.537. The first-order valence-electron chi connectivity index (χ1n) is 10.5. The van der Waals surface area contributed by atoms with Crippen molar-refractivity contribution in [2.45, 2.75) is 33.6 Å². The first kappa shape index (κ1) is 24.5. The fraction of sp³-hybridized carbons (Fsp3) is 0.304. The van der Waals surface area contributed by atoms with Crippen molar-refractivity contribution in [2.75, 3.05) is 0 Å². The van der Waals surface area contributed by atoms with Gasteiger partial charge in [0.05, 0.1) is 10.7 Å². The van der Waals surface area contributed by atoms with E-state index in [9.17, 15) is 18.0 Å². The molecule has 0 spiro atoms. The minimum Gasteiger partial charge on any atom is -0.489 e. The molecule has 0 bridgehead atoms. The number of alkyl halides is 3. The lowest BCUT2D eigenvalue weighted by Gasteiger charge is -2.16. The van der Waals surface area contributed by atoms with Crippen molar-refractivity contribution in [3.63, 3.8) is 0 Å². The Bertz CT molecular complexity index is 1490. The third-order valence-electron chi connectivity index (χ3n) is 5.74. The van der Waals surface area contributed by atoms with E-state index in [0.29, 0.717) is 28.1 Å². The molecule has 0 unspecified atom stereocenters. The number of aromatic nitrogens is 6. The van der Waals surface area contributed by atoms with Crippen LogP contribution in [0, 0.1) is 20.8 Å². The van der Waals surface area contributed by atoms with Crippen LogP contribution < -0.4 is 10.4 Å². The molecule has 35 heavy (non-hydrogen) atoms. The second-order valence-electron chi connectivity index (χ2n) is 8.22. The molecule has 184 valence electrons. The van der Waals surface area contributed by atoms with Gasteiger partial charge in [-0.25, -0.2) is 4.79 Å². The monoisotopic (exact) mass is 506 g/mol. The second kappa shape index (κ2) is 8.88. The predicted molar refractivity (Wildman–Crippen MR) is 124 cm³/mol. The molecule has 0 fully saturated rings. The minimum atomic E-state index is -4.63. The van der Waals surface area contributed by atoms with E-state index in [4.69, 9.17) is 16.3 Å². The minimum absolute atomic E-state index is 0.0526. The van der Waals surface area contributed by atoms with Gasteiger partial charge < -0.3 is 4.74 Å². The Hall–Kier alpha value is -3.60. The van der Waals surface area contributed by atoms with Gasteiger partial charge in [0.2, 0.25) is 0 Å². The van der Waals surface area contributed by atoms with Crippen LogP contribution in [0.15, 0.2) is 35.1 Å². The highest BCUT2D eigenvalue weighted by Crippen LogP contribution is 2.41. The van der Waals surface area contributed by atoms with Gasteiger partial charge in [-0.15, -0.1) is 0 Å². The van der Waals surface area contributed by atoms with Crippen LogP contribution in [0.5, 0.6) is 5.75 Å². The lowest BCUT2D eigenvalue weighted by molar-refractivity contribution is -0.143. The van der Waals surface area contributed by atoms with Crippen molar-refractivity contribution in [3.05, 3.63) is 73.8 Å². The number of ether oxygens (including phenoxy) is 1. The number of benzene rings is 2.